The van der Waals surface area contributed by atoms with E-state index in [1.165, 1.54) is 12.1 Å². The summed E-state index contributed by atoms with van der Waals surface area (Å²) in [7, 11) is 0. The van der Waals surface area contributed by atoms with E-state index in [0.717, 1.165) is 0 Å². The van der Waals surface area contributed by atoms with Crippen LogP contribution in [0.5, 0.6) is 0 Å². The number of rotatable bonds is 0. The first-order chi connectivity index (χ1) is 5.16. The minimum Gasteiger partial charge on any atom is -0.205 e. The van der Waals surface area contributed by atoms with Crippen LogP contribution in [-0.4, -0.2) is 0 Å². The number of benzene rings is 1. The Labute approximate surface area is 73.9 Å². The molecule has 0 aliphatic heterocycles. The lowest BCUT2D eigenvalue weighted by molar-refractivity contribution is 0.628. The molecule has 0 aliphatic carbocycles. The lowest BCUT2D eigenvalue weighted by Gasteiger charge is -1.98. The van der Waals surface area contributed by atoms with E-state index in [1.807, 2.05) is 0 Å². The molecule has 0 aromatic heterocycles. The maximum absolute atomic E-state index is 12.7. The fraction of sp³-hybridized carbons (Fsp3) is 0. The first-order valence-corrected chi connectivity index (χ1v) is 3.52. The van der Waals surface area contributed by atoms with Gasteiger partial charge in [0.25, 0.3) is 0 Å². The summed E-state index contributed by atoms with van der Waals surface area (Å²) in [4.78, 5) is 0. The zero-order valence-electron chi connectivity index (χ0n) is 5.37. The standard InChI is InChI=1S/C8H3Cl2F/c1-2-5-6(9)3-4-7(11)8(5)10/h1,3-4H. The van der Waals surface area contributed by atoms with Gasteiger partial charge < -0.3 is 0 Å². The molecular formula is C8H3Cl2F. The van der Waals surface area contributed by atoms with Crippen molar-refractivity contribution in [3.8, 4) is 12.3 Å². The predicted molar refractivity (Wildman–Crippen MR) is 44.4 cm³/mol. The van der Waals surface area contributed by atoms with Gasteiger partial charge in [-0.15, -0.1) is 6.42 Å². The molecule has 0 N–H and O–H groups in total. The van der Waals surface area contributed by atoms with Crippen LogP contribution in [0.1, 0.15) is 5.56 Å². The summed E-state index contributed by atoms with van der Waals surface area (Å²) in [5, 5.41) is 0.193. The van der Waals surface area contributed by atoms with Crippen molar-refractivity contribution in [1.29, 1.82) is 0 Å². The molecule has 0 atom stereocenters. The fourth-order valence-corrected chi connectivity index (χ4v) is 1.14. The SMILES string of the molecule is C#Cc1c(Cl)ccc(F)c1Cl. The van der Waals surface area contributed by atoms with E-state index in [1.54, 1.807) is 0 Å². The molecular weight excluding hydrogens is 186 g/mol. The Morgan fingerprint density at radius 1 is 1.36 bits per heavy atom. The lowest BCUT2D eigenvalue weighted by atomic mass is 10.2. The van der Waals surface area contributed by atoms with Crippen molar-refractivity contribution >= 4 is 23.2 Å². The van der Waals surface area contributed by atoms with E-state index in [2.05, 4.69) is 5.92 Å². The van der Waals surface area contributed by atoms with Gasteiger partial charge in [0.15, 0.2) is 0 Å². The van der Waals surface area contributed by atoms with Crippen LogP contribution in [0.3, 0.4) is 0 Å². The molecule has 0 amide bonds. The van der Waals surface area contributed by atoms with Gasteiger partial charge >= 0.3 is 0 Å². The van der Waals surface area contributed by atoms with Gasteiger partial charge in [0, 0.05) is 0 Å². The number of terminal acetylenes is 1. The van der Waals surface area contributed by atoms with Crippen molar-refractivity contribution in [3.63, 3.8) is 0 Å². The topological polar surface area (TPSA) is 0 Å². The largest absolute Gasteiger partial charge is 0.205 e. The van der Waals surface area contributed by atoms with Crippen LogP contribution in [0.2, 0.25) is 10.0 Å². The minimum absolute atomic E-state index is 0.0972. The second-order valence-electron chi connectivity index (χ2n) is 1.86. The molecule has 0 aliphatic rings. The molecule has 0 radical (unpaired) electrons. The normalized spacial score (nSPS) is 9.27. The third-order valence-corrected chi connectivity index (χ3v) is 1.87. The van der Waals surface area contributed by atoms with E-state index < -0.39 is 5.82 Å². The van der Waals surface area contributed by atoms with Crippen molar-refractivity contribution < 1.29 is 4.39 Å². The molecule has 0 saturated carbocycles. The Bertz CT molecular complexity index is 326. The van der Waals surface area contributed by atoms with Crippen molar-refractivity contribution in [3.05, 3.63) is 33.6 Å². The van der Waals surface area contributed by atoms with E-state index in [0.29, 0.717) is 5.02 Å². The van der Waals surface area contributed by atoms with Gasteiger partial charge in [-0.25, -0.2) is 4.39 Å². The zero-order chi connectivity index (χ0) is 8.43. The lowest BCUT2D eigenvalue weighted by Crippen LogP contribution is -1.83. The Kier molecular flexibility index (Phi) is 2.38. The molecule has 0 heterocycles. The van der Waals surface area contributed by atoms with Crippen LogP contribution < -0.4 is 0 Å². The summed E-state index contributed by atoms with van der Waals surface area (Å²) in [6.07, 6.45) is 5.03. The number of halogens is 3. The highest BCUT2D eigenvalue weighted by atomic mass is 35.5. The highest BCUT2D eigenvalue weighted by molar-refractivity contribution is 6.36. The second kappa shape index (κ2) is 3.13. The highest BCUT2D eigenvalue weighted by Gasteiger charge is 2.07. The maximum Gasteiger partial charge on any atom is 0.143 e. The summed E-state index contributed by atoms with van der Waals surface area (Å²) in [6.45, 7) is 0. The quantitative estimate of drug-likeness (QED) is 0.434. The van der Waals surface area contributed by atoms with E-state index >= 15 is 0 Å². The number of hydrogen-bond donors (Lipinski definition) is 0. The van der Waals surface area contributed by atoms with Crippen LogP contribution in [0.15, 0.2) is 12.1 Å². The molecule has 1 aromatic carbocycles. The molecule has 3 heteroatoms. The summed E-state index contributed by atoms with van der Waals surface area (Å²) >= 11 is 11.1. The first kappa shape index (κ1) is 8.39. The van der Waals surface area contributed by atoms with Crippen molar-refractivity contribution in [1.82, 2.24) is 0 Å². The van der Waals surface area contributed by atoms with Crippen LogP contribution in [0, 0.1) is 18.2 Å². The Morgan fingerprint density at radius 2 is 2.00 bits per heavy atom. The third kappa shape index (κ3) is 1.48. The van der Waals surface area contributed by atoms with Crippen molar-refractivity contribution in [2.75, 3.05) is 0 Å². The van der Waals surface area contributed by atoms with Gasteiger partial charge in [0.05, 0.1) is 15.6 Å². The average Bonchev–Trinajstić information content (AvgIpc) is 1.99. The van der Waals surface area contributed by atoms with Crippen molar-refractivity contribution in [2.45, 2.75) is 0 Å². The van der Waals surface area contributed by atoms with Crippen LogP contribution >= 0.6 is 23.2 Å². The molecule has 0 fully saturated rings. The minimum atomic E-state index is -0.552. The molecule has 1 rings (SSSR count). The summed E-state index contributed by atoms with van der Waals surface area (Å²) in [5.41, 5.74) is 0.202. The summed E-state index contributed by atoms with van der Waals surface area (Å²) < 4.78 is 12.7. The molecule has 0 saturated heterocycles. The predicted octanol–water partition coefficient (Wildman–Crippen LogP) is 3.11. The van der Waals surface area contributed by atoms with Gasteiger partial charge in [-0.05, 0) is 12.1 Å². The average molecular weight is 189 g/mol. The molecule has 0 nitrogen and oxygen atoms in total. The smallest absolute Gasteiger partial charge is 0.143 e. The van der Waals surface area contributed by atoms with Crippen molar-refractivity contribution in [2.24, 2.45) is 0 Å². The van der Waals surface area contributed by atoms with Crippen LogP contribution in [0.4, 0.5) is 4.39 Å². The molecule has 56 valence electrons. The molecule has 1 aromatic rings. The number of hydrogen-bond acceptors (Lipinski definition) is 0. The zero-order valence-corrected chi connectivity index (χ0v) is 6.88. The van der Waals surface area contributed by atoms with E-state index in [-0.39, 0.29) is 10.6 Å². The third-order valence-electron chi connectivity index (χ3n) is 1.19. The molecule has 0 spiro atoms. The van der Waals surface area contributed by atoms with Gasteiger partial charge in [0.1, 0.15) is 5.82 Å². The summed E-state index contributed by atoms with van der Waals surface area (Å²) in [5.74, 6) is 1.65. The highest BCUT2D eigenvalue weighted by Crippen LogP contribution is 2.25. The van der Waals surface area contributed by atoms with Gasteiger partial charge in [-0.3, -0.25) is 0 Å². The molecule has 0 unspecified atom stereocenters. The maximum atomic E-state index is 12.7. The van der Waals surface area contributed by atoms with Crippen LogP contribution in [0.25, 0.3) is 0 Å². The fourth-order valence-electron chi connectivity index (χ4n) is 0.659. The first-order valence-electron chi connectivity index (χ1n) is 2.77. The Hall–Kier alpha value is -0.710. The summed E-state index contributed by atoms with van der Waals surface area (Å²) in [6, 6.07) is 2.55. The van der Waals surface area contributed by atoms with E-state index in [9.17, 15) is 4.39 Å². The molecule has 11 heavy (non-hydrogen) atoms. The van der Waals surface area contributed by atoms with Gasteiger partial charge in [0.2, 0.25) is 0 Å². The Balaban J connectivity index is 3.44. The van der Waals surface area contributed by atoms with Crippen LogP contribution in [-0.2, 0) is 0 Å². The van der Waals surface area contributed by atoms with Gasteiger partial charge in [-0.2, -0.15) is 0 Å². The molecule has 0 bridgehead atoms. The Morgan fingerprint density at radius 3 is 2.45 bits per heavy atom. The van der Waals surface area contributed by atoms with E-state index in [4.69, 9.17) is 29.6 Å². The second-order valence-corrected chi connectivity index (χ2v) is 2.65. The van der Waals surface area contributed by atoms with Gasteiger partial charge in [-0.1, -0.05) is 29.1 Å². The monoisotopic (exact) mass is 188 g/mol.